The molecule has 1 aromatic heterocycles. The molecule has 0 saturated heterocycles. The van der Waals surface area contributed by atoms with Gasteiger partial charge in [-0.15, -0.1) is 0 Å². The Balaban J connectivity index is 0.000000274. The van der Waals surface area contributed by atoms with Crippen molar-refractivity contribution in [3.8, 4) is 11.5 Å². The van der Waals surface area contributed by atoms with Crippen molar-refractivity contribution in [1.29, 1.82) is 0 Å². The summed E-state index contributed by atoms with van der Waals surface area (Å²) in [5, 5.41) is 25.1. The summed E-state index contributed by atoms with van der Waals surface area (Å²) in [6, 6.07) is 12.7. The molecule has 7 nitrogen and oxygen atoms in total. The molecule has 4 aromatic rings. The molecule has 0 fully saturated rings. The van der Waals surface area contributed by atoms with Gasteiger partial charge in [-0.2, -0.15) is 0 Å². The number of anilines is 2. The Morgan fingerprint density at radius 3 is 2.42 bits per heavy atom. The number of carbonyl (C=O) groups is 1. The molecule has 40 heavy (non-hydrogen) atoms. The number of allylic oxidation sites excluding steroid dienone is 2. The van der Waals surface area contributed by atoms with Crippen LogP contribution < -0.4 is 50.1 Å². The molecule has 0 unspecified atom stereocenters. The van der Waals surface area contributed by atoms with Crippen molar-refractivity contribution < 1.29 is 53.7 Å². The normalized spacial score (nSPS) is 10.2. The molecule has 0 aliphatic rings. The maximum Gasteiger partial charge on any atom is 1.00 e. The maximum absolute atomic E-state index is 12.0. The summed E-state index contributed by atoms with van der Waals surface area (Å²) >= 11 is 12.2. The van der Waals surface area contributed by atoms with Gasteiger partial charge in [-0.3, -0.25) is 4.79 Å². The zero-order chi connectivity index (χ0) is 28.9. The molecule has 0 atom stereocenters. The van der Waals surface area contributed by atoms with Crippen molar-refractivity contribution >= 4 is 51.5 Å². The Labute approximate surface area is 264 Å². The zero-order valence-corrected chi connectivity index (χ0v) is 26.7. The van der Waals surface area contributed by atoms with Crippen LogP contribution >= 0.6 is 23.2 Å². The Morgan fingerprint density at radius 2 is 1.80 bits per heavy atom. The van der Waals surface area contributed by atoms with E-state index in [4.69, 9.17) is 32.4 Å². The van der Waals surface area contributed by atoms with Crippen LogP contribution in [0.15, 0.2) is 69.4 Å². The minimum atomic E-state index is -1.26. The molecule has 0 bridgehead atoms. The Morgan fingerprint density at radius 1 is 1.12 bits per heavy atom. The van der Waals surface area contributed by atoms with Gasteiger partial charge in [-0.05, 0) is 51.8 Å². The van der Waals surface area contributed by atoms with E-state index in [0.29, 0.717) is 44.9 Å². The number of nitrogens with one attached hydrogen (secondary N) is 1. The molecule has 204 valence electrons. The predicted molar refractivity (Wildman–Crippen MR) is 154 cm³/mol. The number of carboxylic acids is 1. The Bertz CT molecular complexity index is 1630. The number of para-hydroxylation sites is 1. The van der Waals surface area contributed by atoms with Gasteiger partial charge in [-0.25, -0.2) is 0 Å². The third-order valence-corrected chi connectivity index (χ3v) is 6.59. The van der Waals surface area contributed by atoms with Gasteiger partial charge in [0.1, 0.15) is 28.2 Å². The number of aromatic hydroxyl groups is 1. The minimum Gasteiger partial charge on any atom is -0.545 e. The van der Waals surface area contributed by atoms with E-state index in [0.717, 1.165) is 16.7 Å². The molecule has 0 saturated carbocycles. The fraction of sp³-hybridized carbons (Fsp3) is 0.200. The molecule has 1 heterocycles. The van der Waals surface area contributed by atoms with Crippen molar-refractivity contribution in [1.82, 2.24) is 0 Å². The van der Waals surface area contributed by atoms with Crippen molar-refractivity contribution in [2.24, 2.45) is 0 Å². The number of methoxy groups -OCH3 is 1. The first-order chi connectivity index (χ1) is 18.4. The molecular weight excluding hydrogens is 564 g/mol. The van der Waals surface area contributed by atoms with E-state index in [1.807, 2.05) is 26.8 Å². The van der Waals surface area contributed by atoms with Crippen LogP contribution in [0.4, 0.5) is 11.4 Å². The first-order valence-corrected chi connectivity index (χ1v) is 12.7. The zero-order valence-electron chi connectivity index (χ0n) is 23.1. The summed E-state index contributed by atoms with van der Waals surface area (Å²) < 4.78 is 11.0. The summed E-state index contributed by atoms with van der Waals surface area (Å²) in [4.78, 5) is 23.1. The molecule has 4 rings (SSSR count). The second kappa shape index (κ2) is 14.6. The number of fused-ring (bicyclic) bond motifs is 1. The predicted octanol–water partition coefficient (Wildman–Crippen LogP) is 3.74. The van der Waals surface area contributed by atoms with Crippen LogP contribution in [-0.4, -0.2) is 18.2 Å². The van der Waals surface area contributed by atoms with Crippen LogP contribution in [0.2, 0.25) is 10.0 Å². The number of aryl methyl sites for hydroxylation is 2. The van der Waals surface area contributed by atoms with E-state index in [1.54, 1.807) is 37.3 Å². The maximum atomic E-state index is 12.0. The third kappa shape index (κ3) is 7.83. The summed E-state index contributed by atoms with van der Waals surface area (Å²) in [7, 11) is 1.53. The van der Waals surface area contributed by atoms with Crippen LogP contribution in [-0.2, 0) is 6.42 Å². The van der Waals surface area contributed by atoms with Crippen molar-refractivity contribution in [2.45, 2.75) is 34.1 Å². The summed E-state index contributed by atoms with van der Waals surface area (Å²) in [6.45, 7) is 7.55. The molecular formula is C30H28Cl2NNaO6. The number of carboxylic acid groups (broad SMARTS) is 1. The average molecular weight is 592 g/mol. The van der Waals surface area contributed by atoms with Gasteiger partial charge in [0.15, 0.2) is 5.43 Å². The Hall–Kier alpha value is -2.94. The molecule has 0 amide bonds. The van der Waals surface area contributed by atoms with Gasteiger partial charge >= 0.3 is 29.6 Å². The number of halogens is 2. The number of phenolic OH excluding ortho intramolecular Hbond substituents is 1. The van der Waals surface area contributed by atoms with E-state index in [2.05, 4.69) is 5.32 Å². The summed E-state index contributed by atoms with van der Waals surface area (Å²) in [5.74, 6) is -0.357. The van der Waals surface area contributed by atoms with Crippen molar-refractivity contribution in [3.63, 3.8) is 0 Å². The van der Waals surface area contributed by atoms with Gasteiger partial charge in [-0.1, -0.05) is 59.1 Å². The SMILES string of the molecule is COc1cc(O)c2c(=O)cc(C)oc2c1CC=C(C)C.Cc1ccc(Cl)c(Nc2ccccc2C(=O)[O-])c1Cl.[Na+]. The van der Waals surface area contributed by atoms with Crippen LogP contribution in [0.25, 0.3) is 11.0 Å². The van der Waals surface area contributed by atoms with Gasteiger partial charge in [0.25, 0.3) is 0 Å². The van der Waals surface area contributed by atoms with Crippen molar-refractivity contribution in [2.75, 3.05) is 12.4 Å². The topological polar surface area (TPSA) is 112 Å². The van der Waals surface area contributed by atoms with E-state index < -0.39 is 5.97 Å². The van der Waals surface area contributed by atoms with Gasteiger partial charge in [0.2, 0.25) is 0 Å². The summed E-state index contributed by atoms with van der Waals surface area (Å²) in [6.07, 6.45) is 2.60. The van der Waals surface area contributed by atoms with Crippen LogP contribution in [0.3, 0.4) is 0 Å². The fourth-order valence-electron chi connectivity index (χ4n) is 3.82. The minimum absolute atomic E-state index is 0. The largest absolute Gasteiger partial charge is 1.00 e. The van der Waals surface area contributed by atoms with E-state index >= 15 is 0 Å². The first-order valence-electron chi connectivity index (χ1n) is 11.9. The second-order valence-electron chi connectivity index (χ2n) is 9.00. The van der Waals surface area contributed by atoms with Crippen LogP contribution in [0.1, 0.15) is 41.1 Å². The van der Waals surface area contributed by atoms with E-state index in [1.165, 1.54) is 25.3 Å². The number of aromatic carboxylic acids is 1. The molecule has 0 aliphatic heterocycles. The van der Waals surface area contributed by atoms with E-state index in [9.17, 15) is 19.8 Å². The van der Waals surface area contributed by atoms with Crippen molar-refractivity contribution in [3.05, 3.63) is 103 Å². The molecule has 0 spiro atoms. The van der Waals surface area contributed by atoms with Crippen LogP contribution in [0, 0.1) is 13.8 Å². The third-order valence-electron chi connectivity index (χ3n) is 5.79. The number of carbonyl (C=O) groups excluding carboxylic acids is 1. The smallest absolute Gasteiger partial charge is 0.545 e. The molecule has 3 aromatic carbocycles. The second-order valence-corrected chi connectivity index (χ2v) is 9.78. The number of rotatable bonds is 6. The number of hydrogen-bond acceptors (Lipinski definition) is 7. The molecule has 2 N–H and O–H groups in total. The number of ether oxygens (including phenoxy) is 1. The summed E-state index contributed by atoms with van der Waals surface area (Å²) in [5.41, 5.74) is 3.84. The molecule has 0 radical (unpaired) electrons. The average Bonchev–Trinajstić information content (AvgIpc) is 2.88. The van der Waals surface area contributed by atoms with Gasteiger partial charge < -0.3 is 29.5 Å². The van der Waals surface area contributed by atoms with Gasteiger partial charge in [0.05, 0.1) is 28.8 Å². The number of phenols is 1. The monoisotopic (exact) mass is 591 g/mol. The van der Waals surface area contributed by atoms with E-state index in [-0.39, 0.29) is 51.7 Å². The van der Waals surface area contributed by atoms with Gasteiger partial charge in [0, 0.05) is 28.9 Å². The fourth-order valence-corrected chi connectivity index (χ4v) is 4.28. The number of benzene rings is 3. The molecule has 10 heteroatoms. The quantitative estimate of drug-likeness (QED) is 0.259. The first kappa shape index (κ1) is 33.3. The molecule has 0 aliphatic carbocycles. The Kier molecular flexibility index (Phi) is 12.2. The number of hydrogen-bond donors (Lipinski definition) is 2. The van der Waals surface area contributed by atoms with Crippen LogP contribution in [0.5, 0.6) is 11.5 Å². The standard InChI is InChI=1S/C16H18O4.C14H11Cl2NO2.Na/c1-9(2)5-6-11-14(19-4)8-13(18)15-12(17)7-10(3)20-16(11)15;1-8-6-7-10(15)13(12(8)16)17-11-5-3-2-4-9(11)14(18)19;/h5,7-8,18H,6H2,1-4H3;2-7,17H,1H3,(H,18,19);/q;;+1/p-1.